The first kappa shape index (κ1) is 19.7. The van der Waals surface area contributed by atoms with E-state index < -0.39 is 10.0 Å². The second kappa shape index (κ2) is 7.68. The summed E-state index contributed by atoms with van der Waals surface area (Å²) in [7, 11) is -1.83. The molecule has 30 heavy (non-hydrogen) atoms. The molecule has 0 spiro atoms. The van der Waals surface area contributed by atoms with E-state index in [-0.39, 0.29) is 5.91 Å². The van der Waals surface area contributed by atoms with Crippen molar-refractivity contribution in [2.75, 3.05) is 28.2 Å². The monoisotopic (exact) mass is 419 g/mol. The zero-order chi connectivity index (χ0) is 21.3. The summed E-state index contributed by atoms with van der Waals surface area (Å²) in [5.74, 6) is -0.170. The molecule has 0 saturated heterocycles. The Morgan fingerprint density at radius 2 is 1.53 bits per heavy atom. The van der Waals surface area contributed by atoms with E-state index in [1.165, 1.54) is 11.4 Å². The first-order chi connectivity index (χ1) is 14.3. The molecule has 0 bridgehead atoms. The lowest BCUT2D eigenvalue weighted by atomic mass is 10.00. The van der Waals surface area contributed by atoms with E-state index in [0.717, 1.165) is 28.8 Å². The van der Waals surface area contributed by atoms with Gasteiger partial charge in [0.15, 0.2) is 0 Å². The van der Waals surface area contributed by atoms with Crippen molar-refractivity contribution in [2.45, 2.75) is 0 Å². The lowest BCUT2D eigenvalue weighted by molar-refractivity contribution is -0.110. The Hall–Kier alpha value is -3.58. The molecule has 1 aliphatic heterocycles. The summed E-state index contributed by atoms with van der Waals surface area (Å²) >= 11 is 0. The molecule has 1 amide bonds. The predicted octanol–water partition coefficient (Wildman–Crippen LogP) is 4.01. The van der Waals surface area contributed by atoms with E-state index in [1.807, 2.05) is 54.6 Å². The molecule has 0 atom stereocenters. The van der Waals surface area contributed by atoms with Gasteiger partial charge in [-0.3, -0.25) is 9.10 Å². The Morgan fingerprint density at radius 3 is 2.20 bits per heavy atom. The highest BCUT2D eigenvalue weighted by molar-refractivity contribution is 7.92. The molecule has 3 aromatic rings. The normalized spacial score (nSPS) is 14.7. The van der Waals surface area contributed by atoms with Crippen LogP contribution in [0.5, 0.6) is 0 Å². The second-order valence-electron chi connectivity index (χ2n) is 7.02. The molecule has 0 radical (unpaired) electrons. The maximum atomic E-state index is 12.8. The van der Waals surface area contributed by atoms with Crippen LogP contribution in [-0.2, 0) is 14.8 Å². The van der Waals surface area contributed by atoms with E-state index in [2.05, 4.69) is 10.6 Å². The maximum absolute atomic E-state index is 12.8. The molecule has 0 saturated carbocycles. The van der Waals surface area contributed by atoms with Crippen LogP contribution in [0, 0.1) is 0 Å². The zero-order valence-electron chi connectivity index (χ0n) is 16.6. The molecule has 0 aromatic heterocycles. The van der Waals surface area contributed by atoms with E-state index in [0.29, 0.717) is 17.0 Å². The third-order valence-electron chi connectivity index (χ3n) is 4.98. The number of anilines is 3. The summed E-state index contributed by atoms with van der Waals surface area (Å²) in [5, 5.41) is 6.28. The van der Waals surface area contributed by atoms with Crippen molar-refractivity contribution >= 4 is 44.3 Å². The van der Waals surface area contributed by atoms with Gasteiger partial charge in [-0.05, 0) is 35.9 Å². The van der Waals surface area contributed by atoms with Crippen LogP contribution >= 0.6 is 0 Å². The summed E-state index contributed by atoms with van der Waals surface area (Å²) in [5.41, 5.74) is 5.03. The smallest absolute Gasteiger partial charge is 0.258 e. The molecule has 0 unspecified atom stereocenters. The number of carbonyl (C=O) groups excluding carboxylic acids is 1. The molecular formula is C23H21N3O3S. The summed E-state index contributed by atoms with van der Waals surface area (Å²) in [6, 6.07) is 24.2. The van der Waals surface area contributed by atoms with Gasteiger partial charge in [0.2, 0.25) is 10.0 Å². The van der Waals surface area contributed by atoms with E-state index in [4.69, 9.17) is 0 Å². The first-order valence-electron chi connectivity index (χ1n) is 9.36. The molecule has 7 heteroatoms. The number of rotatable bonds is 5. The number of sulfonamides is 1. The van der Waals surface area contributed by atoms with Gasteiger partial charge in [0.25, 0.3) is 5.91 Å². The van der Waals surface area contributed by atoms with Gasteiger partial charge in [-0.15, -0.1) is 0 Å². The maximum Gasteiger partial charge on any atom is 0.258 e. The molecule has 0 fully saturated rings. The van der Waals surface area contributed by atoms with Crippen LogP contribution < -0.4 is 14.9 Å². The molecule has 152 valence electrons. The SMILES string of the molecule is CN(c1ccc(NC(=C2C(=O)Nc3ccccc32)c2ccccc2)cc1)S(C)(=O)=O. The lowest BCUT2D eigenvalue weighted by Crippen LogP contribution is -2.24. The van der Waals surface area contributed by atoms with Crippen LogP contribution in [0.1, 0.15) is 11.1 Å². The van der Waals surface area contributed by atoms with Crippen LogP contribution in [0.2, 0.25) is 0 Å². The van der Waals surface area contributed by atoms with Gasteiger partial charge in [-0.25, -0.2) is 8.42 Å². The van der Waals surface area contributed by atoms with E-state index in [9.17, 15) is 13.2 Å². The van der Waals surface area contributed by atoms with Crippen LogP contribution in [0.25, 0.3) is 11.3 Å². The fourth-order valence-electron chi connectivity index (χ4n) is 3.34. The standard InChI is InChI=1S/C23H21N3O3S/c1-26(30(2,28)29)18-14-12-17(13-15-18)24-22(16-8-4-3-5-9-16)21-19-10-6-7-11-20(19)25-23(21)27/h3-15,24H,1-2H3,(H,25,27). The Kier molecular flexibility index (Phi) is 5.05. The van der Waals surface area contributed by atoms with Crippen LogP contribution in [0.3, 0.4) is 0 Å². The molecule has 2 N–H and O–H groups in total. The Labute approximate surface area is 175 Å². The number of para-hydroxylation sites is 1. The second-order valence-corrected chi connectivity index (χ2v) is 9.03. The fraction of sp³-hybridized carbons (Fsp3) is 0.0870. The molecule has 4 rings (SSSR count). The first-order valence-corrected chi connectivity index (χ1v) is 11.2. The van der Waals surface area contributed by atoms with Gasteiger partial charge >= 0.3 is 0 Å². The van der Waals surface area contributed by atoms with Gasteiger partial charge in [0.05, 0.1) is 23.2 Å². The molecule has 3 aromatic carbocycles. The summed E-state index contributed by atoms with van der Waals surface area (Å²) in [6.07, 6.45) is 1.16. The van der Waals surface area contributed by atoms with Crippen molar-refractivity contribution in [1.82, 2.24) is 0 Å². The van der Waals surface area contributed by atoms with Crippen molar-refractivity contribution in [3.8, 4) is 0 Å². The van der Waals surface area contributed by atoms with Gasteiger partial charge in [-0.1, -0.05) is 48.5 Å². The van der Waals surface area contributed by atoms with Crippen molar-refractivity contribution in [2.24, 2.45) is 0 Å². The lowest BCUT2D eigenvalue weighted by Gasteiger charge is -2.18. The highest BCUT2D eigenvalue weighted by atomic mass is 32.2. The van der Waals surface area contributed by atoms with E-state index in [1.54, 1.807) is 24.3 Å². The average Bonchev–Trinajstić information content (AvgIpc) is 3.07. The minimum Gasteiger partial charge on any atom is -0.354 e. The third kappa shape index (κ3) is 3.79. The fourth-order valence-corrected chi connectivity index (χ4v) is 3.84. The van der Waals surface area contributed by atoms with Gasteiger partial charge in [0, 0.05) is 24.0 Å². The van der Waals surface area contributed by atoms with Gasteiger partial charge in [-0.2, -0.15) is 0 Å². The molecule has 1 aliphatic rings. The number of fused-ring (bicyclic) bond motifs is 1. The Morgan fingerprint density at radius 1 is 0.900 bits per heavy atom. The molecule has 1 heterocycles. The van der Waals surface area contributed by atoms with Crippen molar-refractivity contribution in [3.05, 3.63) is 90.0 Å². The zero-order valence-corrected chi connectivity index (χ0v) is 17.4. The number of hydrogen-bond acceptors (Lipinski definition) is 4. The Balaban J connectivity index is 1.78. The number of carbonyl (C=O) groups is 1. The van der Waals surface area contributed by atoms with Crippen LogP contribution in [0.15, 0.2) is 78.9 Å². The van der Waals surface area contributed by atoms with Crippen LogP contribution in [0.4, 0.5) is 17.1 Å². The van der Waals surface area contributed by atoms with E-state index >= 15 is 0 Å². The number of amides is 1. The molecular weight excluding hydrogens is 398 g/mol. The largest absolute Gasteiger partial charge is 0.354 e. The minimum atomic E-state index is -3.34. The number of hydrogen-bond donors (Lipinski definition) is 2. The quantitative estimate of drug-likeness (QED) is 0.613. The number of nitrogens with zero attached hydrogens (tertiary/aromatic N) is 1. The highest BCUT2D eigenvalue weighted by Crippen LogP contribution is 2.37. The summed E-state index contributed by atoms with van der Waals surface area (Å²) < 4.78 is 24.7. The third-order valence-corrected chi connectivity index (χ3v) is 6.19. The van der Waals surface area contributed by atoms with Gasteiger partial charge < -0.3 is 10.6 Å². The average molecular weight is 420 g/mol. The number of benzene rings is 3. The topological polar surface area (TPSA) is 78.5 Å². The summed E-state index contributed by atoms with van der Waals surface area (Å²) in [6.45, 7) is 0. The van der Waals surface area contributed by atoms with Gasteiger partial charge in [0.1, 0.15) is 0 Å². The highest BCUT2D eigenvalue weighted by Gasteiger charge is 2.28. The summed E-state index contributed by atoms with van der Waals surface area (Å²) in [4.78, 5) is 12.8. The minimum absolute atomic E-state index is 0.170. The van der Waals surface area contributed by atoms with Crippen molar-refractivity contribution in [3.63, 3.8) is 0 Å². The predicted molar refractivity (Wildman–Crippen MR) is 122 cm³/mol. The van der Waals surface area contributed by atoms with Crippen LogP contribution in [-0.4, -0.2) is 27.6 Å². The van der Waals surface area contributed by atoms with Crippen molar-refractivity contribution in [1.29, 1.82) is 0 Å². The Bertz CT molecular complexity index is 1230. The molecule has 0 aliphatic carbocycles. The molecule has 6 nitrogen and oxygen atoms in total. The van der Waals surface area contributed by atoms with Crippen molar-refractivity contribution < 1.29 is 13.2 Å². The number of nitrogens with one attached hydrogen (secondary N) is 2.